The quantitative estimate of drug-likeness (QED) is 0.434. The Kier molecular flexibility index (Phi) is 7.91. The molecule has 0 bridgehead atoms. The first-order valence-electron chi connectivity index (χ1n) is 11.1. The van der Waals surface area contributed by atoms with Crippen LogP contribution in [0.1, 0.15) is 23.3 Å². The van der Waals surface area contributed by atoms with Gasteiger partial charge in [0.05, 0.1) is 17.4 Å². The van der Waals surface area contributed by atoms with Crippen LogP contribution in [0.5, 0.6) is 0 Å². The maximum absolute atomic E-state index is 13.4. The maximum Gasteiger partial charge on any atom is 0.248 e. The second kappa shape index (κ2) is 11.1. The number of carbonyl (C=O) groups excluding carboxylic acids is 3. The van der Waals surface area contributed by atoms with Gasteiger partial charge in [-0.1, -0.05) is 35.9 Å². The van der Waals surface area contributed by atoms with Crippen molar-refractivity contribution in [3.05, 3.63) is 94.5 Å². The fraction of sp³-hybridized carbons (Fsp3) is 0.192. The SMILES string of the molecule is C[C@H](NC(=O)Cc1cc(F)cc(F)c1)C(=O)N[C@@H]1C(=O)Nc2ccccc2S[C@@H]1c1cccc(Cl)c1. The van der Waals surface area contributed by atoms with Gasteiger partial charge in [0.25, 0.3) is 0 Å². The predicted octanol–water partition coefficient (Wildman–Crippen LogP) is 4.64. The summed E-state index contributed by atoms with van der Waals surface area (Å²) in [5.74, 6) is -3.20. The number of rotatable bonds is 6. The maximum atomic E-state index is 13.4. The van der Waals surface area contributed by atoms with Gasteiger partial charge < -0.3 is 16.0 Å². The van der Waals surface area contributed by atoms with Gasteiger partial charge in [-0.2, -0.15) is 0 Å². The molecule has 1 aliphatic heterocycles. The fourth-order valence-electron chi connectivity index (χ4n) is 3.85. The molecule has 3 N–H and O–H groups in total. The summed E-state index contributed by atoms with van der Waals surface area (Å²) in [7, 11) is 0. The van der Waals surface area contributed by atoms with Crippen LogP contribution in [0.4, 0.5) is 14.5 Å². The van der Waals surface area contributed by atoms with E-state index < -0.39 is 46.7 Å². The lowest BCUT2D eigenvalue weighted by Gasteiger charge is -2.26. The van der Waals surface area contributed by atoms with E-state index in [-0.39, 0.29) is 12.0 Å². The summed E-state index contributed by atoms with van der Waals surface area (Å²) in [6, 6.07) is 15.2. The third-order valence-corrected chi connectivity index (χ3v) is 7.16. The Morgan fingerprint density at radius 3 is 2.50 bits per heavy atom. The van der Waals surface area contributed by atoms with Crippen molar-refractivity contribution in [2.24, 2.45) is 0 Å². The van der Waals surface area contributed by atoms with Crippen molar-refractivity contribution in [3.8, 4) is 0 Å². The van der Waals surface area contributed by atoms with Crippen molar-refractivity contribution < 1.29 is 23.2 Å². The Bertz CT molecular complexity index is 1300. The van der Waals surface area contributed by atoms with Crippen molar-refractivity contribution in [1.82, 2.24) is 10.6 Å². The Morgan fingerprint density at radius 2 is 1.78 bits per heavy atom. The zero-order valence-electron chi connectivity index (χ0n) is 19.1. The first kappa shape index (κ1) is 25.7. The van der Waals surface area contributed by atoms with E-state index in [1.807, 2.05) is 18.2 Å². The molecule has 3 aromatic rings. The van der Waals surface area contributed by atoms with Gasteiger partial charge in [-0.15, -0.1) is 11.8 Å². The van der Waals surface area contributed by atoms with E-state index in [9.17, 15) is 23.2 Å². The van der Waals surface area contributed by atoms with Crippen LogP contribution < -0.4 is 16.0 Å². The van der Waals surface area contributed by atoms with Crippen LogP contribution in [0, 0.1) is 11.6 Å². The molecule has 0 aromatic heterocycles. The highest BCUT2D eigenvalue weighted by Crippen LogP contribution is 2.44. The number of fused-ring (bicyclic) bond motifs is 1. The lowest BCUT2D eigenvalue weighted by atomic mass is 10.0. The standard InChI is InChI=1S/C26H22ClF2N3O3S/c1-14(30-22(33)11-15-9-18(28)13-19(29)10-15)25(34)32-23-24(16-5-4-6-17(27)12-16)36-21-8-3-2-7-20(21)31-26(23)35/h2-10,12-14,23-24H,11H2,1H3,(H,30,33)(H,31,35)(H,32,34)/t14-,23-,24+/m0/s1. The molecule has 1 heterocycles. The number of para-hydroxylation sites is 1. The number of hydrogen-bond donors (Lipinski definition) is 3. The van der Waals surface area contributed by atoms with Gasteiger partial charge in [-0.05, 0) is 54.4 Å². The summed E-state index contributed by atoms with van der Waals surface area (Å²) in [5.41, 5.74) is 1.50. The molecular formula is C26H22ClF2N3O3S. The van der Waals surface area contributed by atoms with E-state index in [0.717, 1.165) is 22.6 Å². The van der Waals surface area contributed by atoms with E-state index in [1.54, 1.807) is 30.3 Å². The molecule has 0 fully saturated rings. The van der Waals surface area contributed by atoms with Gasteiger partial charge in [-0.25, -0.2) is 8.78 Å². The van der Waals surface area contributed by atoms with Crippen LogP contribution in [0.2, 0.25) is 5.02 Å². The van der Waals surface area contributed by atoms with Gasteiger partial charge in [0.2, 0.25) is 17.7 Å². The van der Waals surface area contributed by atoms with Crippen LogP contribution in [-0.4, -0.2) is 29.8 Å². The predicted molar refractivity (Wildman–Crippen MR) is 135 cm³/mol. The second-order valence-electron chi connectivity index (χ2n) is 8.31. The average Bonchev–Trinajstić information content (AvgIpc) is 2.94. The number of hydrogen-bond acceptors (Lipinski definition) is 4. The van der Waals surface area contributed by atoms with Gasteiger partial charge in [-0.3, -0.25) is 14.4 Å². The van der Waals surface area contributed by atoms with Crippen molar-refractivity contribution in [2.45, 2.75) is 35.6 Å². The Labute approximate surface area is 215 Å². The third-order valence-electron chi connectivity index (χ3n) is 5.52. The molecule has 4 rings (SSSR count). The lowest BCUT2D eigenvalue weighted by Crippen LogP contribution is -2.53. The molecular weight excluding hydrogens is 508 g/mol. The minimum atomic E-state index is -1.01. The molecule has 6 nitrogen and oxygen atoms in total. The highest BCUT2D eigenvalue weighted by Gasteiger charge is 2.36. The van der Waals surface area contributed by atoms with Crippen molar-refractivity contribution in [2.75, 3.05) is 5.32 Å². The number of anilines is 1. The molecule has 3 amide bonds. The summed E-state index contributed by atoms with van der Waals surface area (Å²) in [4.78, 5) is 39.5. The van der Waals surface area contributed by atoms with Crippen molar-refractivity contribution >= 4 is 46.8 Å². The minimum Gasteiger partial charge on any atom is -0.344 e. The Morgan fingerprint density at radius 1 is 1.06 bits per heavy atom. The zero-order chi connectivity index (χ0) is 25.8. The fourth-order valence-corrected chi connectivity index (χ4v) is 5.33. The van der Waals surface area contributed by atoms with Gasteiger partial charge in [0.1, 0.15) is 23.7 Å². The molecule has 3 aromatic carbocycles. The molecule has 10 heteroatoms. The molecule has 0 aliphatic carbocycles. The van der Waals surface area contributed by atoms with E-state index in [4.69, 9.17) is 11.6 Å². The van der Waals surface area contributed by atoms with Gasteiger partial charge in [0.15, 0.2) is 0 Å². The van der Waals surface area contributed by atoms with Crippen LogP contribution in [-0.2, 0) is 20.8 Å². The molecule has 0 unspecified atom stereocenters. The Hall–Kier alpha value is -3.43. The first-order chi connectivity index (χ1) is 17.2. The summed E-state index contributed by atoms with van der Waals surface area (Å²) in [6.45, 7) is 1.46. The molecule has 3 atom stereocenters. The summed E-state index contributed by atoms with van der Waals surface area (Å²) in [5, 5.41) is 8.10. The summed E-state index contributed by atoms with van der Waals surface area (Å²) >= 11 is 7.61. The first-order valence-corrected chi connectivity index (χ1v) is 12.3. The van der Waals surface area contributed by atoms with Crippen LogP contribution in [0.3, 0.4) is 0 Å². The number of amides is 3. The largest absolute Gasteiger partial charge is 0.344 e. The molecule has 0 saturated heterocycles. The third kappa shape index (κ3) is 6.22. The van der Waals surface area contributed by atoms with Crippen molar-refractivity contribution in [1.29, 1.82) is 0 Å². The highest BCUT2D eigenvalue weighted by molar-refractivity contribution is 7.99. The van der Waals surface area contributed by atoms with E-state index >= 15 is 0 Å². The highest BCUT2D eigenvalue weighted by atomic mass is 35.5. The number of nitrogens with one attached hydrogen (secondary N) is 3. The molecule has 0 saturated carbocycles. The Balaban J connectivity index is 1.51. The average molecular weight is 530 g/mol. The molecule has 1 aliphatic rings. The van der Waals surface area contributed by atoms with E-state index in [0.29, 0.717) is 16.8 Å². The van der Waals surface area contributed by atoms with Gasteiger partial charge in [0, 0.05) is 16.0 Å². The summed E-state index contributed by atoms with van der Waals surface area (Å²) < 4.78 is 26.8. The number of carbonyl (C=O) groups is 3. The molecule has 0 radical (unpaired) electrons. The molecule has 36 heavy (non-hydrogen) atoms. The van der Waals surface area contributed by atoms with Crippen molar-refractivity contribution in [3.63, 3.8) is 0 Å². The normalized spacial score (nSPS) is 17.8. The lowest BCUT2D eigenvalue weighted by molar-refractivity contribution is -0.130. The molecule has 186 valence electrons. The van der Waals surface area contributed by atoms with E-state index in [1.165, 1.54) is 18.7 Å². The topological polar surface area (TPSA) is 87.3 Å². The number of benzene rings is 3. The zero-order valence-corrected chi connectivity index (χ0v) is 20.6. The number of halogens is 3. The monoisotopic (exact) mass is 529 g/mol. The van der Waals surface area contributed by atoms with Crippen LogP contribution in [0.15, 0.2) is 71.6 Å². The van der Waals surface area contributed by atoms with Gasteiger partial charge >= 0.3 is 0 Å². The second-order valence-corrected chi connectivity index (χ2v) is 9.93. The minimum absolute atomic E-state index is 0.135. The molecule has 0 spiro atoms. The smallest absolute Gasteiger partial charge is 0.248 e. The van der Waals surface area contributed by atoms with E-state index in [2.05, 4.69) is 16.0 Å². The van der Waals surface area contributed by atoms with Crippen LogP contribution >= 0.6 is 23.4 Å². The summed E-state index contributed by atoms with van der Waals surface area (Å²) in [6.07, 6.45) is -0.313. The van der Waals surface area contributed by atoms with Crippen LogP contribution in [0.25, 0.3) is 0 Å². The number of thioether (sulfide) groups is 1.